The van der Waals surface area contributed by atoms with E-state index in [1.165, 1.54) is 5.56 Å². The lowest BCUT2D eigenvalue weighted by Crippen LogP contribution is -2.36. The summed E-state index contributed by atoms with van der Waals surface area (Å²) in [5, 5.41) is 0.822. The average molecular weight is 213 g/mol. The van der Waals surface area contributed by atoms with Crippen molar-refractivity contribution in [2.24, 2.45) is 5.84 Å². The highest BCUT2D eigenvalue weighted by Crippen LogP contribution is 2.17. The number of benzene rings is 1. The Kier molecular flexibility index (Phi) is 4.39. The van der Waals surface area contributed by atoms with Crippen molar-refractivity contribution in [1.29, 1.82) is 0 Å². The number of rotatable bonds is 4. The first-order chi connectivity index (χ1) is 6.67. The van der Waals surface area contributed by atoms with Crippen molar-refractivity contribution in [3.8, 4) is 0 Å². The predicted molar refractivity (Wildman–Crippen MR) is 61.3 cm³/mol. The van der Waals surface area contributed by atoms with E-state index >= 15 is 0 Å². The minimum absolute atomic E-state index is 0.343. The lowest BCUT2D eigenvalue weighted by Gasteiger charge is -2.13. The molecule has 0 heterocycles. The second-order valence-corrected chi connectivity index (χ2v) is 3.97. The van der Waals surface area contributed by atoms with E-state index in [0.29, 0.717) is 6.04 Å². The van der Waals surface area contributed by atoms with Crippen molar-refractivity contribution < 1.29 is 0 Å². The van der Waals surface area contributed by atoms with Crippen LogP contribution in [-0.4, -0.2) is 6.04 Å². The molecule has 1 unspecified atom stereocenters. The molecule has 0 aliphatic heterocycles. The second-order valence-electron chi connectivity index (χ2n) is 3.56. The lowest BCUT2D eigenvalue weighted by atomic mass is 10.0. The Morgan fingerprint density at radius 3 is 2.71 bits per heavy atom. The zero-order valence-electron chi connectivity index (χ0n) is 8.68. The third-order valence-corrected chi connectivity index (χ3v) is 2.86. The highest BCUT2D eigenvalue weighted by Gasteiger charge is 2.05. The first-order valence-corrected chi connectivity index (χ1v) is 5.26. The molecule has 0 radical (unpaired) electrons. The van der Waals surface area contributed by atoms with Crippen LogP contribution in [0.3, 0.4) is 0 Å². The summed E-state index contributed by atoms with van der Waals surface area (Å²) >= 11 is 5.94. The largest absolute Gasteiger partial charge is 0.271 e. The second kappa shape index (κ2) is 5.35. The minimum Gasteiger partial charge on any atom is -0.271 e. The van der Waals surface area contributed by atoms with Gasteiger partial charge >= 0.3 is 0 Å². The summed E-state index contributed by atoms with van der Waals surface area (Å²) in [7, 11) is 0. The van der Waals surface area contributed by atoms with Gasteiger partial charge in [-0.05, 0) is 37.0 Å². The molecule has 0 saturated carbocycles. The summed E-state index contributed by atoms with van der Waals surface area (Å²) < 4.78 is 0. The molecule has 0 aliphatic carbocycles. The van der Waals surface area contributed by atoms with Crippen LogP contribution in [0.1, 0.15) is 24.5 Å². The zero-order valence-corrected chi connectivity index (χ0v) is 9.43. The monoisotopic (exact) mass is 212 g/mol. The fourth-order valence-corrected chi connectivity index (χ4v) is 1.56. The zero-order chi connectivity index (χ0) is 10.6. The molecule has 0 bridgehead atoms. The Bertz CT molecular complexity index is 295. The molecule has 0 spiro atoms. The number of nitrogens with one attached hydrogen (secondary N) is 1. The van der Waals surface area contributed by atoms with Gasteiger partial charge in [0.2, 0.25) is 0 Å². The molecule has 2 nitrogen and oxygen atoms in total. The van der Waals surface area contributed by atoms with Crippen molar-refractivity contribution in [2.75, 3.05) is 0 Å². The Hall–Kier alpha value is -0.570. The molecule has 0 fully saturated rings. The highest BCUT2D eigenvalue weighted by molar-refractivity contribution is 6.31. The number of halogens is 1. The van der Waals surface area contributed by atoms with Crippen LogP contribution in [-0.2, 0) is 6.42 Å². The van der Waals surface area contributed by atoms with Gasteiger partial charge in [-0.2, -0.15) is 0 Å². The van der Waals surface area contributed by atoms with Crippen LogP contribution in [0.15, 0.2) is 18.2 Å². The Balaban J connectivity index is 2.72. The molecular formula is C11H17ClN2. The number of aryl methyl sites for hydroxylation is 1. The van der Waals surface area contributed by atoms with Crippen molar-refractivity contribution in [2.45, 2.75) is 32.7 Å². The number of hydrazine groups is 1. The van der Waals surface area contributed by atoms with Gasteiger partial charge < -0.3 is 0 Å². The van der Waals surface area contributed by atoms with Gasteiger partial charge in [-0.25, -0.2) is 0 Å². The molecule has 78 valence electrons. The van der Waals surface area contributed by atoms with Gasteiger partial charge in [0.15, 0.2) is 0 Å². The van der Waals surface area contributed by atoms with Crippen LogP contribution in [0.2, 0.25) is 5.02 Å². The Morgan fingerprint density at radius 2 is 2.21 bits per heavy atom. The van der Waals surface area contributed by atoms with Crippen LogP contribution in [0.5, 0.6) is 0 Å². The van der Waals surface area contributed by atoms with Gasteiger partial charge in [0, 0.05) is 11.1 Å². The quantitative estimate of drug-likeness (QED) is 0.595. The van der Waals surface area contributed by atoms with E-state index in [-0.39, 0.29) is 0 Å². The Morgan fingerprint density at radius 1 is 1.50 bits per heavy atom. The molecule has 0 aromatic heterocycles. The molecule has 14 heavy (non-hydrogen) atoms. The van der Waals surface area contributed by atoms with Crippen molar-refractivity contribution >= 4 is 11.6 Å². The fraction of sp³-hybridized carbons (Fsp3) is 0.455. The number of nitrogens with two attached hydrogens (primary N) is 1. The summed E-state index contributed by atoms with van der Waals surface area (Å²) in [6.45, 7) is 4.13. The number of hydrogen-bond acceptors (Lipinski definition) is 2. The molecule has 3 heteroatoms. The smallest absolute Gasteiger partial charge is 0.0435 e. The summed E-state index contributed by atoms with van der Waals surface area (Å²) in [5.41, 5.74) is 5.20. The summed E-state index contributed by atoms with van der Waals surface area (Å²) in [5.74, 6) is 5.42. The SMILES string of the molecule is CCC(Cc1ccc(Cl)c(C)c1)NN. The molecule has 1 atom stereocenters. The van der Waals surface area contributed by atoms with E-state index in [1.54, 1.807) is 0 Å². The van der Waals surface area contributed by atoms with Gasteiger partial charge in [0.25, 0.3) is 0 Å². The lowest BCUT2D eigenvalue weighted by molar-refractivity contribution is 0.511. The first kappa shape index (κ1) is 11.5. The molecule has 0 amide bonds. The first-order valence-electron chi connectivity index (χ1n) is 4.88. The molecule has 0 saturated heterocycles. The maximum Gasteiger partial charge on any atom is 0.0435 e. The van der Waals surface area contributed by atoms with Crippen LogP contribution >= 0.6 is 11.6 Å². The average Bonchev–Trinajstić information content (AvgIpc) is 2.19. The van der Waals surface area contributed by atoms with Gasteiger partial charge in [-0.1, -0.05) is 30.7 Å². The highest BCUT2D eigenvalue weighted by atomic mass is 35.5. The summed E-state index contributed by atoms with van der Waals surface area (Å²) in [4.78, 5) is 0. The van der Waals surface area contributed by atoms with E-state index in [9.17, 15) is 0 Å². The molecule has 1 aromatic carbocycles. The van der Waals surface area contributed by atoms with E-state index in [4.69, 9.17) is 17.4 Å². The Labute approximate surface area is 90.4 Å². The van der Waals surface area contributed by atoms with Crippen molar-refractivity contribution in [3.63, 3.8) is 0 Å². The summed E-state index contributed by atoms with van der Waals surface area (Å²) in [6, 6.07) is 6.45. The number of hydrogen-bond donors (Lipinski definition) is 2. The topological polar surface area (TPSA) is 38.0 Å². The van der Waals surface area contributed by atoms with Gasteiger partial charge in [-0.3, -0.25) is 11.3 Å². The van der Waals surface area contributed by atoms with Crippen LogP contribution in [0, 0.1) is 6.92 Å². The van der Waals surface area contributed by atoms with Crippen LogP contribution in [0.4, 0.5) is 0 Å². The fourth-order valence-electron chi connectivity index (χ4n) is 1.44. The van der Waals surface area contributed by atoms with Crippen molar-refractivity contribution in [3.05, 3.63) is 34.3 Å². The summed E-state index contributed by atoms with van der Waals surface area (Å²) in [6.07, 6.45) is 1.98. The van der Waals surface area contributed by atoms with Gasteiger partial charge in [0.05, 0.1) is 0 Å². The van der Waals surface area contributed by atoms with Crippen molar-refractivity contribution in [1.82, 2.24) is 5.43 Å². The third-order valence-electron chi connectivity index (χ3n) is 2.43. The van der Waals surface area contributed by atoms with E-state index in [1.807, 2.05) is 13.0 Å². The van der Waals surface area contributed by atoms with E-state index < -0.39 is 0 Å². The van der Waals surface area contributed by atoms with E-state index in [2.05, 4.69) is 24.5 Å². The predicted octanol–water partition coefficient (Wildman–Crippen LogP) is 2.43. The molecule has 0 aliphatic rings. The van der Waals surface area contributed by atoms with Crippen LogP contribution < -0.4 is 11.3 Å². The molecule has 3 N–H and O–H groups in total. The standard InChI is InChI=1S/C11H17ClN2/c1-3-10(14-13)7-9-4-5-11(12)8(2)6-9/h4-6,10,14H,3,7,13H2,1-2H3. The van der Waals surface area contributed by atoms with Gasteiger partial charge in [-0.15, -0.1) is 0 Å². The minimum atomic E-state index is 0.343. The normalized spacial score (nSPS) is 12.9. The molecule has 1 aromatic rings. The molecule has 1 rings (SSSR count). The maximum atomic E-state index is 5.94. The van der Waals surface area contributed by atoms with Gasteiger partial charge in [0.1, 0.15) is 0 Å². The molecular weight excluding hydrogens is 196 g/mol. The van der Waals surface area contributed by atoms with E-state index in [0.717, 1.165) is 23.4 Å². The third kappa shape index (κ3) is 2.98. The maximum absolute atomic E-state index is 5.94. The van der Waals surface area contributed by atoms with Crippen LogP contribution in [0.25, 0.3) is 0 Å².